The summed E-state index contributed by atoms with van der Waals surface area (Å²) in [5.41, 5.74) is 4.62. The molecule has 1 aromatic heterocycles. The van der Waals surface area contributed by atoms with Gasteiger partial charge in [0.25, 0.3) is 5.56 Å². The molecule has 0 radical (unpaired) electrons. The van der Waals surface area contributed by atoms with Gasteiger partial charge in [-0.15, -0.1) is 0 Å². The molecule has 1 aromatic rings. The maximum Gasteiger partial charge on any atom is 0.332 e. The standard InChI is InChI=1S/C15H24N4O3/c1-4-10-7-5-6-8-19(10)9-11(20)12-13(16)17(2)15(22)18(3)14(12)21/h10H,4-9,16H2,1-3H3/t10-/m1/s1. The zero-order valence-corrected chi connectivity index (χ0v) is 13.5. The smallest absolute Gasteiger partial charge is 0.332 e. The van der Waals surface area contributed by atoms with Gasteiger partial charge in [0, 0.05) is 20.1 Å². The van der Waals surface area contributed by atoms with Crippen LogP contribution in [0.25, 0.3) is 0 Å². The molecule has 1 atom stereocenters. The van der Waals surface area contributed by atoms with E-state index in [2.05, 4.69) is 11.8 Å². The molecule has 22 heavy (non-hydrogen) atoms. The van der Waals surface area contributed by atoms with Crippen LogP contribution in [0.1, 0.15) is 43.0 Å². The lowest BCUT2D eigenvalue weighted by Crippen LogP contribution is -2.46. The van der Waals surface area contributed by atoms with Gasteiger partial charge in [-0.1, -0.05) is 13.3 Å². The highest BCUT2D eigenvalue weighted by molar-refractivity contribution is 6.01. The Labute approximate surface area is 129 Å². The first-order valence-corrected chi connectivity index (χ1v) is 7.71. The maximum absolute atomic E-state index is 12.6. The Bertz CT molecular complexity index is 689. The Morgan fingerprint density at radius 3 is 2.55 bits per heavy atom. The van der Waals surface area contributed by atoms with Crippen molar-refractivity contribution in [2.45, 2.75) is 38.6 Å². The highest BCUT2D eigenvalue weighted by Crippen LogP contribution is 2.19. The van der Waals surface area contributed by atoms with E-state index in [4.69, 9.17) is 5.73 Å². The molecule has 2 heterocycles. The summed E-state index contributed by atoms with van der Waals surface area (Å²) >= 11 is 0. The normalized spacial score (nSPS) is 19.3. The second-order valence-corrected chi connectivity index (χ2v) is 5.92. The number of carbonyl (C=O) groups excluding carboxylic acids is 1. The fourth-order valence-corrected chi connectivity index (χ4v) is 3.12. The van der Waals surface area contributed by atoms with E-state index in [0.29, 0.717) is 6.04 Å². The summed E-state index contributed by atoms with van der Waals surface area (Å²) in [5, 5.41) is 0. The molecule has 7 nitrogen and oxygen atoms in total. The van der Waals surface area contributed by atoms with Gasteiger partial charge in [0.15, 0.2) is 5.78 Å². The summed E-state index contributed by atoms with van der Waals surface area (Å²) in [6.07, 6.45) is 4.29. The topological polar surface area (TPSA) is 90.3 Å². The van der Waals surface area contributed by atoms with Gasteiger partial charge in [0.2, 0.25) is 0 Å². The third-order valence-electron chi connectivity index (χ3n) is 4.56. The largest absolute Gasteiger partial charge is 0.384 e. The summed E-state index contributed by atoms with van der Waals surface area (Å²) < 4.78 is 2.07. The van der Waals surface area contributed by atoms with Crippen LogP contribution in [0.2, 0.25) is 0 Å². The Morgan fingerprint density at radius 2 is 1.91 bits per heavy atom. The maximum atomic E-state index is 12.6. The van der Waals surface area contributed by atoms with Crippen molar-refractivity contribution in [2.75, 3.05) is 18.8 Å². The van der Waals surface area contributed by atoms with Crippen molar-refractivity contribution in [2.24, 2.45) is 14.1 Å². The van der Waals surface area contributed by atoms with Gasteiger partial charge in [0.1, 0.15) is 11.4 Å². The monoisotopic (exact) mass is 308 g/mol. The SMILES string of the molecule is CC[C@@H]1CCCCN1CC(=O)c1c(N)n(C)c(=O)n(C)c1=O. The van der Waals surface area contributed by atoms with Gasteiger partial charge in [0.05, 0.1) is 6.54 Å². The average Bonchev–Trinajstić information content (AvgIpc) is 2.51. The lowest BCUT2D eigenvalue weighted by molar-refractivity contribution is 0.0836. The molecule has 0 aromatic carbocycles. The molecule has 0 unspecified atom stereocenters. The van der Waals surface area contributed by atoms with Crippen LogP contribution in [0.4, 0.5) is 5.82 Å². The molecule has 1 aliphatic heterocycles. The van der Waals surface area contributed by atoms with E-state index in [0.717, 1.165) is 34.9 Å². The van der Waals surface area contributed by atoms with Gasteiger partial charge >= 0.3 is 5.69 Å². The Hall–Kier alpha value is -1.89. The number of aromatic nitrogens is 2. The number of rotatable bonds is 4. The summed E-state index contributed by atoms with van der Waals surface area (Å²) in [4.78, 5) is 38.7. The number of piperidine rings is 1. The molecule has 2 N–H and O–H groups in total. The minimum absolute atomic E-state index is 0.0526. The molecule has 0 saturated carbocycles. The first kappa shape index (κ1) is 16.5. The molecule has 2 rings (SSSR count). The number of carbonyl (C=O) groups is 1. The molecule has 7 heteroatoms. The fourth-order valence-electron chi connectivity index (χ4n) is 3.12. The number of ketones is 1. The van der Waals surface area contributed by atoms with Crippen LogP contribution >= 0.6 is 0 Å². The number of hydrogen-bond donors (Lipinski definition) is 1. The van der Waals surface area contributed by atoms with Gasteiger partial charge in [-0.2, -0.15) is 0 Å². The molecule has 0 aliphatic carbocycles. The van der Waals surface area contributed by atoms with Crippen LogP contribution in [0.5, 0.6) is 0 Å². The van der Waals surface area contributed by atoms with Crippen LogP contribution in [0, 0.1) is 0 Å². The van der Waals surface area contributed by atoms with Crippen LogP contribution in [-0.4, -0.2) is 38.9 Å². The molecular weight excluding hydrogens is 284 g/mol. The molecule has 1 aliphatic rings. The third-order valence-corrected chi connectivity index (χ3v) is 4.56. The lowest BCUT2D eigenvalue weighted by Gasteiger charge is -2.34. The first-order chi connectivity index (χ1) is 10.4. The van der Waals surface area contributed by atoms with Gasteiger partial charge < -0.3 is 5.73 Å². The number of nitrogen functional groups attached to an aromatic ring is 1. The van der Waals surface area contributed by atoms with E-state index < -0.39 is 11.2 Å². The van der Waals surface area contributed by atoms with E-state index in [1.165, 1.54) is 20.5 Å². The van der Waals surface area contributed by atoms with Gasteiger partial charge in [-0.05, 0) is 25.8 Å². The number of likely N-dealkylation sites (tertiary alicyclic amines) is 1. The first-order valence-electron chi connectivity index (χ1n) is 7.71. The number of nitrogens with two attached hydrogens (primary N) is 1. The number of nitrogens with zero attached hydrogens (tertiary/aromatic N) is 3. The molecule has 0 spiro atoms. The number of hydrogen-bond acceptors (Lipinski definition) is 5. The molecule has 0 bridgehead atoms. The van der Waals surface area contributed by atoms with Crippen LogP contribution in [-0.2, 0) is 14.1 Å². The van der Waals surface area contributed by atoms with Gasteiger partial charge in [-0.25, -0.2) is 4.79 Å². The Kier molecular flexibility index (Phi) is 4.85. The Balaban J connectivity index is 2.34. The molecule has 1 saturated heterocycles. The van der Waals surface area contributed by atoms with Crippen molar-refractivity contribution in [3.63, 3.8) is 0 Å². The van der Waals surface area contributed by atoms with Crippen molar-refractivity contribution in [3.8, 4) is 0 Å². The van der Waals surface area contributed by atoms with Crippen molar-refractivity contribution >= 4 is 11.6 Å². The average molecular weight is 308 g/mol. The molecular formula is C15H24N4O3. The third kappa shape index (κ3) is 2.85. The van der Waals surface area contributed by atoms with E-state index in [1.54, 1.807) is 0 Å². The summed E-state index contributed by atoms with van der Waals surface area (Å²) in [7, 11) is 2.82. The Morgan fingerprint density at radius 1 is 1.23 bits per heavy atom. The van der Waals surface area contributed by atoms with Crippen LogP contribution in [0.3, 0.4) is 0 Å². The quantitative estimate of drug-likeness (QED) is 0.798. The fraction of sp³-hybridized carbons (Fsp3) is 0.667. The summed E-state index contributed by atoms with van der Waals surface area (Å²) in [6.45, 7) is 3.14. The minimum atomic E-state index is -0.615. The molecule has 122 valence electrons. The molecule has 0 amide bonds. The van der Waals surface area contributed by atoms with E-state index >= 15 is 0 Å². The highest BCUT2D eigenvalue weighted by atomic mass is 16.2. The lowest BCUT2D eigenvalue weighted by atomic mass is 9.99. The summed E-state index contributed by atoms with van der Waals surface area (Å²) in [5.74, 6) is -0.364. The van der Waals surface area contributed by atoms with Crippen molar-refractivity contribution in [1.29, 1.82) is 0 Å². The number of anilines is 1. The zero-order valence-electron chi connectivity index (χ0n) is 13.5. The number of Topliss-reactive ketones (excluding diaryl/α,β-unsaturated/α-hetero) is 1. The van der Waals surface area contributed by atoms with Crippen molar-refractivity contribution in [1.82, 2.24) is 14.0 Å². The highest BCUT2D eigenvalue weighted by Gasteiger charge is 2.26. The van der Waals surface area contributed by atoms with E-state index in [-0.39, 0.29) is 23.7 Å². The predicted octanol–water partition coefficient (Wildman–Crippen LogP) is 0.113. The molecule has 1 fully saturated rings. The van der Waals surface area contributed by atoms with Crippen molar-refractivity contribution < 1.29 is 4.79 Å². The van der Waals surface area contributed by atoms with E-state index in [1.807, 2.05) is 0 Å². The predicted molar refractivity (Wildman–Crippen MR) is 85.2 cm³/mol. The zero-order chi connectivity index (χ0) is 16.4. The second-order valence-electron chi connectivity index (χ2n) is 5.92. The van der Waals surface area contributed by atoms with Gasteiger partial charge in [-0.3, -0.25) is 23.6 Å². The van der Waals surface area contributed by atoms with Crippen LogP contribution in [0.15, 0.2) is 9.59 Å². The summed E-state index contributed by atoms with van der Waals surface area (Å²) in [6, 6.07) is 0.371. The second kappa shape index (κ2) is 6.48. The van der Waals surface area contributed by atoms with Crippen molar-refractivity contribution in [3.05, 3.63) is 26.4 Å². The van der Waals surface area contributed by atoms with Crippen LogP contribution < -0.4 is 17.0 Å². The minimum Gasteiger partial charge on any atom is -0.384 e. The van der Waals surface area contributed by atoms with E-state index in [9.17, 15) is 14.4 Å².